The average molecular weight is 193 g/mol. The molecule has 0 saturated carbocycles. The van der Waals surface area contributed by atoms with Gasteiger partial charge in [0.2, 0.25) is 0 Å². The van der Waals surface area contributed by atoms with E-state index in [4.69, 9.17) is 4.74 Å². The van der Waals surface area contributed by atoms with Gasteiger partial charge in [0.25, 0.3) is 6.47 Å². The molecule has 0 heterocycles. The predicted octanol–water partition coefficient (Wildman–Crippen LogP) is 2.05. The zero-order valence-corrected chi connectivity index (χ0v) is 8.49. The van der Waals surface area contributed by atoms with E-state index in [-0.39, 0.29) is 0 Å². The molecule has 1 aromatic carbocycles. The number of carbonyl (C=O) groups excluding carboxylic acids is 1. The number of rotatable bonds is 5. The number of nitrogens with one attached hydrogen (secondary N) is 1. The van der Waals surface area contributed by atoms with Gasteiger partial charge in [0.05, 0.1) is 6.54 Å². The minimum absolute atomic E-state index is 0.475. The third kappa shape index (κ3) is 3.47. The molecule has 0 unspecified atom stereocenters. The molecule has 1 rings (SSSR count). The average Bonchev–Trinajstić information content (AvgIpc) is 2.17. The predicted molar refractivity (Wildman–Crippen MR) is 56.2 cm³/mol. The number of ether oxygens (including phenoxy) is 1. The molecule has 0 aliphatic rings. The maximum atomic E-state index is 10.2. The molecule has 1 N–H and O–H groups in total. The van der Waals surface area contributed by atoms with Gasteiger partial charge in [-0.15, -0.1) is 0 Å². The quantitative estimate of drug-likeness (QED) is 0.727. The Labute approximate surface area is 84.1 Å². The lowest BCUT2D eigenvalue weighted by Gasteiger charge is -2.23. The van der Waals surface area contributed by atoms with E-state index < -0.39 is 5.60 Å². The molecule has 0 spiro atoms. The number of anilines is 1. The summed E-state index contributed by atoms with van der Waals surface area (Å²) in [7, 11) is 0. The minimum Gasteiger partial charge on any atom is -0.460 e. The van der Waals surface area contributed by atoms with E-state index in [0.29, 0.717) is 13.0 Å². The molecule has 0 aromatic heterocycles. The maximum Gasteiger partial charge on any atom is 0.293 e. The van der Waals surface area contributed by atoms with Crippen LogP contribution in [0.15, 0.2) is 30.3 Å². The fourth-order valence-corrected chi connectivity index (χ4v) is 1.04. The topological polar surface area (TPSA) is 38.3 Å². The highest BCUT2D eigenvalue weighted by Gasteiger charge is 2.17. The van der Waals surface area contributed by atoms with Crippen molar-refractivity contribution in [3.05, 3.63) is 30.3 Å². The van der Waals surface area contributed by atoms with E-state index in [9.17, 15) is 4.79 Å². The number of para-hydroxylation sites is 1. The second kappa shape index (κ2) is 4.65. The lowest BCUT2D eigenvalue weighted by atomic mass is 10.1. The SMILES string of the molecule is CC(C)(CNc1ccccc1)OC=O. The van der Waals surface area contributed by atoms with Crippen molar-refractivity contribution < 1.29 is 9.53 Å². The van der Waals surface area contributed by atoms with Crippen LogP contribution in [0.2, 0.25) is 0 Å². The molecule has 76 valence electrons. The molecular weight excluding hydrogens is 178 g/mol. The number of benzene rings is 1. The number of hydrogen-bond donors (Lipinski definition) is 1. The van der Waals surface area contributed by atoms with Gasteiger partial charge in [0.1, 0.15) is 5.60 Å². The molecule has 0 aliphatic heterocycles. The van der Waals surface area contributed by atoms with E-state index in [1.165, 1.54) is 0 Å². The summed E-state index contributed by atoms with van der Waals surface area (Å²) in [6.45, 7) is 4.79. The molecule has 0 saturated heterocycles. The Hall–Kier alpha value is -1.51. The summed E-state index contributed by atoms with van der Waals surface area (Å²) < 4.78 is 4.91. The fraction of sp³-hybridized carbons (Fsp3) is 0.364. The summed E-state index contributed by atoms with van der Waals surface area (Å²) in [6, 6.07) is 9.80. The molecule has 0 radical (unpaired) electrons. The van der Waals surface area contributed by atoms with Crippen LogP contribution < -0.4 is 5.32 Å². The van der Waals surface area contributed by atoms with Crippen molar-refractivity contribution >= 4 is 12.2 Å². The lowest BCUT2D eigenvalue weighted by Crippen LogP contribution is -2.32. The Morgan fingerprint density at radius 3 is 2.57 bits per heavy atom. The summed E-state index contributed by atoms with van der Waals surface area (Å²) in [5.41, 5.74) is 0.549. The van der Waals surface area contributed by atoms with Gasteiger partial charge >= 0.3 is 0 Å². The summed E-state index contributed by atoms with van der Waals surface area (Å²) in [5, 5.41) is 3.19. The van der Waals surface area contributed by atoms with Crippen LogP contribution in [0, 0.1) is 0 Å². The van der Waals surface area contributed by atoms with Crippen molar-refractivity contribution in [3.8, 4) is 0 Å². The first-order valence-electron chi connectivity index (χ1n) is 4.54. The van der Waals surface area contributed by atoms with Gasteiger partial charge in [0.15, 0.2) is 0 Å². The molecular formula is C11H15NO2. The Morgan fingerprint density at radius 2 is 2.00 bits per heavy atom. The highest BCUT2D eigenvalue weighted by atomic mass is 16.5. The summed E-state index contributed by atoms with van der Waals surface area (Å²) in [4.78, 5) is 10.2. The van der Waals surface area contributed by atoms with Gasteiger partial charge in [-0.25, -0.2) is 0 Å². The van der Waals surface area contributed by atoms with Crippen LogP contribution in [0.4, 0.5) is 5.69 Å². The second-order valence-electron chi connectivity index (χ2n) is 3.69. The summed E-state index contributed by atoms with van der Waals surface area (Å²) in [5.74, 6) is 0. The zero-order chi connectivity index (χ0) is 10.4. The minimum atomic E-state index is -0.475. The van der Waals surface area contributed by atoms with Gasteiger partial charge in [-0.3, -0.25) is 4.79 Å². The van der Waals surface area contributed by atoms with Gasteiger partial charge in [-0.2, -0.15) is 0 Å². The standard InChI is InChI=1S/C11H15NO2/c1-11(2,14-9-13)8-12-10-6-4-3-5-7-10/h3-7,9,12H,8H2,1-2H3. The zero-order valence-electron chi connectivity index (χ0n) is 8.49. The molecule has 0 atom stereocenters. The van der Waals surface area contributed by atoms with Crippen LogP contribution in [0.5, 0.6) is 0 Å². The van der Waals surface area contributed by atoms with E-state index >= 15 is 0 Å². The molecule has 0 aliphatic carbocycles. The molecule has 14 heavy (non-hydrogen) atoms. The van der Waals surface area contributed by atoms with Gasteiger partial charge in [-0.05, 0) is 26.0 Å². The van der Waals surface area contributed by atoms with Gasteiger partial charge in [0, 0.05) is 5.69 Å². The van der Waals surface area contributed by atoms with Crippen molar-refractivity contribution in [2.75, 3.05) is 11.9 Å². The monoisotopic (exact) mass is 193 g/mol. The first-order chi connectivity index (χ1) is 6.64. The van der Waals surface area contributed by atoms with E-state index in [2.05, 4.69) is 5.32 Å². The van der Waals surface area contributed by atoms with Crippen molar-refractivity contribution in [3.63, 3.8) is 0 Å². The molecule has 0 amide bonds. The van der Waals surface area contributed by atoms with Gasteiger partial charge in [-0.1, -0.05) is 18.2 Å². The van der Waals surface area contributed by atoms with Crippen LogP contribution in [0.3, 0.4) is 0 Å². The van der Waals surface area contributed by atoms with Crippen molar-refractivity contribution in [2.24, 2.45) is 0 Å². The van der Waals surface area contributed by atoms with E-state index in [1.54, 1.807) is 0 Å². The number of carbonyl (C=O) groups is 1. The molecule has 3 nitrogen and oxygen atoms in total. The Morgan fingerprint density at radius 1 is 1.36 bits per heavy atom. The van der Waals surface area contributed by atoms with Crippen molar-refractivity contribution in [1.29, 1.82) is 0 Å². The molecule has 0 fully saturated rings. The Kier molecular flexibility index (Phi) is 3.51. The highest BCUT2D eigenvalue weighted by molar-refractivity contribution is 5.43. The van der Waals surface area contributed by atoms with Gasteiger partial charge < -0.3 is 10.1 Å². The second-order valence-corrected chi connectivity index (χ2v) is 3.69. The van der Waals surface area contributed by atoms with E-state index in [1.807, 2.05) is 44.2 Å². The first kappa shape index (κ1) is 10.6. The molecule has 1 aromatic rings. The van der Waals surface area contributed by atoms with Crippen LogP contribution in [-0.4, -0.2) is 18.6 Å². The number of hydrogen-bond acceptors (Lipinski definition) is 3. The molecule has 0 bridgehead atoms. The fourth-order valence-electron chi connectivity index (χ4n) is 1.04. The van der Waals surface area contributed by atoms with E-state index in [0.717, 1.165) is 5.69 Å². The normalized spacial score (nSPS) is 10.7. The Bertz CT molecular complexity index is 283. The highest BCUT2D eigenvalue weighted by Crippen LogP contribution is 2.11. The molecule has 3 heteroatoms. The smallest absolute Gasteiger partial charge is 0.293 e. The first-order valence-corrected chi connectivity index (χ1v) is 4.54. The summed E-state index contributed by atoms with van der Waals surface area (Å²) in [6.07, 6.45) is 0. The van der Waals surface area contributed by atoms with Crippen LogP contribution in [-0.2, 0) is 9.53 Å². The summed E-state index contributed by atoms with van der Waals surface area (Å²) >= 11 is 0. The largest absolute Gasteiger partial charge is 0.460 e. The van der Waals surface area contributed by atoms with Crippen LogP contribution >= 0.6 is 0 Å². The lowest BCUT2D eigenvalue weighted by molar-refractivity contribution is -0.139. The third-order valence-electron chi connectivity index (χ3n) is 1.86. The van der Waals surface area contributed by atoms with Crippen LogP contribution in [0.1, 0.15) is 13.8 Å². The third-order valence-corrected chi connectivity index (χ3v) is 1.86. The Balaban J connectivity index is 2.44. The van der Waals surface area contributed by atoms with Crippen LogP contribution in [0.25, 0.3) is 0 Å². The van der Waals surface area contributed by atoms with Crippen molar-refractivity contribution in [2.45, 2.75) is 19.4 Å². The maximum absolute atomic E-state index is 10.2. The van der Waals surface area contributed by atoms with Crippen molar-refractivity contribution in [1.82, 2.24) is 0 Å².